The molecule has 0 aromatic rings. The van der Waals surface area contributed by atoms with Crippen LogP contribution in [0, 0.1) is 5.41 Å². The first-order valence-electron chi connectivity index (χ1n) is 35.1. The Morgan fingerprint density at radius 3 is 0.255 bits per heavy atom. The van der Waals surface area contributed by atoms with E-state index in [2.05, 4.69) is 90.5 Å². The first-order valence-corrected chi connectivity index (χ1v) is 64.4. The van der Waals surface area contributed by atoms with Gasteiger partial charge in [-0.05, 0) is 0 Å². The number of ether oxygens (including phenoxy) is 8. The molecule has 8 unspecified atom stereocenters. The van der Waals surface area contributed by atoms with E-state index in [0.29, 0.717) is 0 Å². The second-order valence-corrected chi connectivity index (χ2v) is 49.5. The van der Waals surface area contributed by atoms with Crippen molar-refractivity contribution >= 4 is 156 Å². The highest BCUT2D eigenvalue weighted by atomic mass is 31.2. The molecule has 0 saturated heterocycles. The van der Waals surface area contributed by atoms with Gasteiger partial charge in [-0.1, -0.05) is 0 Å². The molecule has 108 heteroatoms. The van der Waals surface area contributed by atoms with Gasteiger partial charge < -0.3 is 415 Å². The molecule has 0 aromatic carbocycles. The quantitative estimate of drug-likeness (QED) is 0.0403. The molecule has 0 radical (unpaired) electrons. The van der Waals surface area contributed by atoms with Crippen molar-refractivity contribution in [2.75, 3.05) is 79.3 Å². The smallest absolute Gasteiger partial charge is 0.121 e. The van der Waals surface area contributed by atoms with Crippen molar-refractivity contribution in [2.24, 2.45) is 5.41 Å². The summed E-state index contributed by atoms with van der Waals surface area (Å²) in [7, 11) is -146. The number of hydrogen-bond acceptors (Lipinski definition) is 88. The molecule has 0 aromatic heterocycles. The molecule has 0 aliphatic heterocycles. The summed E-state index contributed by atoms with van der Waals surface area (Å²) in [5.74, 6) is 0. The summed E-state index contributed by atoms with van der Waals surface area (Å²) >= 11 is 0. The van der Waals surface area contributed by atoms with Crippen LogP contribution in [0.1, 0.15) is 0 Å². The number of rotatable bonds is 64. The van der Waals surface area contributed by atoms with Gasteiger partial charge in [0, 0.05) is 0 Å². The maximum Gasteiger partial charge on any atom is 0.121 e. The Morgan fingerprint density at radius 2 is 0.186 bits per heavy atom. The fraction of sp³-hybridized carbons (Fsp3) is 1.00. The van der Waals surface area contributed by atoms with Gasteiger partial charge in [-0.2, -0.15) is 0 Å². The second kappa shape index (κ2) is 53.2. The van der Waals surface area contributed by atoms with Crippen LogP contribution in [0.15, 0.2) is 0 Å². The topological polar surface area (TPSA) is 1520 Å². The monoisotopic (exact) mass is 2520 g/mol. The fourth-order valence-electron chi connectivity index (χ4n) is 13.0. The van der Waals surface area contributed by atoms with Crippen molar-refractivity contribution in [3.05, 3.63) is 0 Å². The summed E-state index contributed by atoms with van der Waals surface area (Å²) in [5, 5.41) is 0. The molecule has 88 nitrogen and oxygen atoms in total. The van der Waals surface area contributed by atoms with E-state index in [4.69, 9.17) is 37.9 Å². The van der Waals surface area contributed by atoms with Crippen LogP contribution in [0.2, 0.25) is 0 Å². The maximum atomic E-state index is 12.3. The van der Waals surface area contributed by atoms with Gasteiger partial charge in [0.1, 0.15) is 146 Å². The van der Waals surface area contributed by atoms with E-state index in [-0.39, 0.29) is 0 Å². The SMILES string of the molecule is O=P([O-])([O-])OC1[C@@H](OP(=O)([O-])[O-])[C@H](OP(=O)([O-])[O-])C(OCCOCC(COCCOC2[C@@H](OP(=O)([O-])[O-])[C@H](OP(=O)([O-])[O-])C(OP(=O)([O-])[O-])[C@H](OP(=O)([O-])[O-])[C@H]2OP(=O)([O-])[O-])(COCCOC2[C@@H](OP(=O)([O-])[O-])[C@H](OP(=O)([O-])[O-])C(OP(=O)([O-])[O-])[C@H](OP(=O)([O-])[O-])[C@H]2OP(=O)([O-])[O-])COCCOC2[C@@H](OP(=O)([O-])[O-])[C@H](OP(=O)([O-])[O-])C(OP(=O)([O-])[O-])[C@H](OP(=O)([O-])[O-])[C@H]2OP(=O)([O-])[O-])[C@H](OP(=O)([O-])[O-])[C@H]1OP(=O)([O-])[O-]. The molecular weight excluding hydrogens is 2470 g/mol. The Morgan fingerprint density at radius 1 is 0.117 bits per heavy atom. The van der Waals surface area contributed by atoms with Gasteiger partial charge in [-0.25, -0.2) is 0 Å². The van der Waals surface area contributed by atoms with Gasteiger partial charge in [-0.15, -0.1) is 0 Å². The van der Waals surface area contributed by atoms with E-state index in [1.165, 1.54) is 0 Å². The molecule has 4 aliphatic rings. The van der Waals surface area contributed by atoms with Gasteiger partial charge in [0.15, 0.2) is 0 Å². The van der Waals surface area contributed by atoms with Gasteiger partial charge in [0.2, 0.25) is 0 Å². The van der Waals surface area contributed by atoms with Crippen molar-refractivity contribution in [3.8, 4) is 0 Å². The third kappa shape index (κ3) is 55.2. The lowest BCUT2D eigenvalue weighted by molar-refractivity contribution is -0.386. The summed E-state index contributed by atoms with van der Waals surface area (Å²) in [6.07, 6.45) is -94.8. The van der Waals surface area contributed by atoms with E-state index in [9.17, 15) is 287 Å². The molecule has 4 saturated carbocycles. The lowest BCUT2D eigenvalue weighted by Crippen LogP contribution is -2.68. The third-order valence-electron chi connectivity index (χ3n) is 16.6. The van der Waals surface area contributed by atoms with Crippen LogP contribution in [-0.4, -0.2) is 226 Å². The molecule has 0 heterocycles. The van der Waals surface area contributed by atoms with Gasteiger partial charge in [0.25, 0.3) is 0 Å². The van der Waals surface area contributed by atoms with Gasteiger partial charge in [-0.3, -0.25) is 0 Å². The third-order valence-corrected chi connectivity index (χ3v) is 26.6. The van der Waals surface area contributed by atoms with Crippen molar-refractivity contribution in [1.82, 2.24) is 0 Å². The van der Waals surface area contributed by atoms with E-state index in [1.54, 1.807) is 0 Å². The zero-order valence-corrected chi connectivity index (χ0v) is 85.6. The summed E-state index contributed by atoms with van der Waals surface area (Å²) < 4.78 is 365. The lowest BCUT2D eigenvalue weighted by Gasteiger charge is -2.56. The molecule has 145 heavy (non-hydrogen) atoms. The van der Waals surface area contributed by atoms with E-state index >= 15 is 0 Å². The van der Waals surface area contributed by atoms with Crippen molar-refractivity contribution in [1.29, 1.82) is 0 Å². The molecule has 0 amide bonds. The minimum atomic E-state index is -7.32. The van der Waals surface area contributed by atoms with Crippen molar-refractivity contribution in [2.45, 2.75) is 146 Å². The lowest BCUT2D eigenvalue weighted by atomic mass is 9.85. The minimum absolute atomic E-state index is 1.91. The van der Waals surface area contributed by atoms with Crippen LogP contribution in [-0.2, 0) is 220 Å². The Hall–Kier alpha value is 1.88. The average molecular weight is 2520 g/mol. The highest BCUT2D eigenvalue weighted by Crippen LogP contribution is 2.57. The molecule has 4 fully saturated rings. The summed E-state index contributed by atoms with van der Waals surface area (Å²) in [4.78, 5) is 489. The number of hydrogen-bond donors (Lipinski definition) is 0. The van der Waals surface area contributed by atoms with Crippen molar-refractivity contribution in [3.63, 3.8) is 0 Å². The molecule has 0 bridgehead atoms. The summed E-state index contributed by atoms with van der Waals surface area (Å²) in [5.41, 5.74) is -3.29. The minimum Gasteiger partial charge on any atom is -0.790 e. The van der Waals surface area contributed by atoms with Gasteiger partial charge >= 0.3 is 0 Å². The van der Waals surface area contributed by atoms with Gasteiger partial charge in [0.05, 0.1) is 241 Å². The molecule has 864 valence electrons. The predicted octanol–water partition coefficient (Wildman–Crippen LogP) is -36.1. The first kappa shape index (κ1) is 139. The van der Waals surface area contributed by atoms with Crippen LogP contribution in [0.4, 0.5) is 0 Å². The summed E-state index contributed by atoms with van der Waals surface area (Å²) in [6, 6.07) is 0. The summed E-state index contributed by atoms with van der Waals surface area (Å²) in [6.45, 7) is -23.8. The maximum absolute atomic E-state index is 12.3. The number of phosphoric ester groups is 20. The standard InChI is InChI=1S/C37H88O88P20/c38-126(39,40)106-17-13(18(107-127(41,42)43)26(115-135(65,66)67)33(122-142(86,87)88)25(17)114-134(62,63)64)102-5-1-98-9-37(10-99-2-6-103-14-19(108-128(44,45)46)27(116-136(68,69)70)34(123-143(89,90)91)28(117-137(71,72)73)20(14)109-129(47,48)49,11-100-3-7-104-15-21(110-130(50,51)52)29(118-138(74,75)76)35(124-144(92,93)94)30(119-139(77,78)79)22(15)111-131(53,54)55)12-101-4-8-105-16-23(112-132(56,57)58)31(120-140(80,81)82)36(125-145(95,96)97)32(121-141(83,84)85)24(16)113-133(59,60)61/h13-36H,1-12H2,(H2,38,39,40)(H2,41,42,43)(H2,44,45,46)(H2,47,48,49)(H2,50,51,52)(H2,53,54,55)(H2,56,57,58)(H2,59,60,61)(H2,62,63,64)(H2,65,66,67)(H2,68,69,70)(H2,71,72,73)(H2,74,75,76)(H2,77,78,79)(H2,80,81,82)(H2,83,84,85)(H2,86,87,88)(H2,89,90,91)(H2,92,93,94)(H2,95,96,97)/p-40/t13?,14?,15?,16?,17-,18+,19-,20+,21-,22+,23-,24+,25+,26-,27+,28-,29+,30-,31+,32-,33?,34?,35?,36?,37?. The largest absolute Gasteiger partial charge is 0.790 e. The molecule has 0 spiro atoms. The zero-order valence-electron chi connectivity index (χ0n) is 67.7. The zero-order chi connectivity index (χ0) is 113. The van der Waals surface area contributed by atoms with Crippen LogP contribution in [0.25, 0.3) is 0 Å². The van der Waals surface area contributed by atoms with E-state index in [1.807, 2.05) is 0 Å². The van der Waals surface area contributed by atoms with Crippen LogP contribution < -0.4 is 196 Å². The highest BCUT2D eigenvalue weighted by Gasteiger charge is 2.62. The fourth-order valence-corrected chi connectivity index (χ4v) is 23.8. The average Bonchev–Trinajstić information content (AvgIpc) is 0.758. The molecule has 4 aliphatic carbocycles. The first-order chi connectivity index (χ1) is 64.3. The second-order valence-electron chi connectivity index (χ2n) is 27.4. The normalized spacial score (nSPS) is 29.6. The Labute approximate surface area is 800 Å². The number of phosphoric acid groups is 20. The van der Waals surface area contributed by atoms with E-state index < -0.39 is 388 Å². The Balaban J connectivity index is 2.23. The predicted molar refractivity (Wildman–Crippen MR) is 334 cm³/mol. The highest BCUT2D eigenvalue weighted by molar-refractivity contribution is 7.48. The Bertz CT molecular complexity index is 4360. The van der Waals surface area contributed by atoms with Crippen molar-refractivity contribution < 1.29 is 415 Å². The Kier molecular flexibility index (Phi) is 51.1. The van der Waals surface area contributed by atoms with Crippen LogP contribution >= 0.6 is 156 Å². The van der Waals surface area contributed by atoms with E-state index in [0.717, 1.165) is 0 Å². The van der Waals surface area contributed by atoms with Crippen LogP contribution in [0.5, 0.6) is 0 Å². The molecule has 24 atom stereocenters. The molecule has 0 N–H and O–H groups in total. The molecule has 4 rings (SSSR count). The molecular formula is C37H48O88P20-40. The van der Waals surface area contributed by atoms with Crippen LogP contribution in [0.3, 0.4) is 0 Å².